The van der Waals surface area contributed by atoms with Crippen LogP contribution in [-0.2, 0) is 0 Å². The van der Waals surface area contributed by atoms with E-state index in [1.54, 1.807) is 18.2 Å². The molecule has 0 fully saturated rings. The summed E-state index contributed by atoms with van der Waals surface area (Å²) >= 11 is 7.32. The Hall–Kier alpha value is -1.77. The quantitative estimate of drug-likeness (QED) is 0.528. The summed E-state index contributed by atoms with van der Waals surface area (Å²) in [7, 11) is 0. The lowest BCUT2D eigenvalue weighted by Crippen LogP contribution is -1.96. The van der Waals surface area contributed by atoms with Crippen LogP contribution in [0.1, 0.15) is 5.56 Å². The Kier molecular flexibility index (Phi) is 4.03. The Morgan fingerprint density at radius 1 is 1.28 bits per heavy atom. The average Bonchev–Trinajstić information content (AvgIpc) is 2.39. The van der Waals surface area contributed by atoms with Crippen LogP contribution in [0.25, 0.3) is 0 Å². The van der Waals surface area contributed by atoms with Gasteiger partial charge in [-0.05, 0) is 30.5 Å². The molecule has 0 spiro atoms. The van der Waals surface area contributed by atoms with E-state index in [2.05, 4.69) is 21.4 Å². The maximum absolute atomic E-state index is 8.71. The van der Waals surface area contributed by atoms with Crippen molar-refractivity contribution in [1.29, 1.82) is 5.26 Å². The second-order valence-electron chi connectivity index (χ2n) is 3.38. The van der Waals surface area contributed by atoms with Crippen LogP contribution in [0.4, 0.5) is 11.5 Å². The van der Waals surface area contributed by atoms with Gasteiger partial charge in [-0.15, -0.1) is 0 Å². The van der Waals surface area contributed by atoms with E-state index < -0.39 is 0 Å². The summed E-state index contributed by atoms with van der Waals surface area (Å²) in [5, 5.41) is 12.8. The van der Waals surface area contributed by atoms with Gasteiger partial charge >= 0.3 is 0 Å². The second-order valence-corrected chi connectivity index (χ2v) is 4.54. The third-order valence-electron chi connectivity index (χ3n) is 2.14. The minimum atomic E-state index is 0.394. The minimum absolute atomic E-state index is 0.394. The summed E-state index contributed by atoms with van der Waals surface area (Å²) in [6.07, 6.45) is 1.89. The molecule has 0 saturated heterocycles. The summed E-state index contributed by atoms with van der Waals surface area (Å²) in [6.45, 7) is 0. The van der Waals surface area contributed by atoms with Gasteiger partial charge in [0.25, 0.3) is 0 Å². The van der Waals surface area contributed by atoms with Crippen molar-refractivity contribution in [1.82, 2.24) is 9.97 Å². The van der Waals surface area contributed by atoms with Gasteiger partial charge in [0.1, 0.15) is 11.0 Å². The van der Waals surface area contributed by atoms with Crippen LogP contribution in [0.5, 0.6) is 0 Å². The van der Waals surface area contributed by atoms with Crippen LogP contribution in [-0.4, -0.2) is 16.2 Å². The molecule has 4 nitrogen and oxygen atoms in total. The molecule has 1 aromatic carbocycles. The number of hydrogen-bond acceptors (Lipinski definition) is 5. The van der Waals surface area contributed by atoms with Crippen molar-refractivity contribution in [3.05, 3.63) is 41.0 Å². The van der Waals surface area contributed by atoms with Crippen LogP contribution in [0.3, 0.4) is 0 Å². The number of anilines is 2. The van der Waals surface area contributed by atoms with E-state index in [9.17, 15) is 0 Å². The number of rotatable bonds is 3. The summed E-state index contributed by atoms with van der Waals surface area (Å²) in [5.41, 5.74) is 1.46. The van der Waals surface area contributed by atoms with E-state index in [4.69, 9.17) is 16.9 Å². The molecule has 0 amide bonds. The summed E-state index contributed by atoms with van der Waals surface area (Å²) in [4.78, 5) is 8.34. The first-order valence-corrected chi connectivity index (χ1v) is 6.67. The van der Waals surface area contributed by atoms with E-state index >= 15 is 0 Å². The van der Waals surface area contributed by atoms with Crippen molar-refractivity contribution in [2.45, 2.75) is 5.16 Å². The number of nitrogens with zero attached hydrogens (tertiary/aromatic N) is 3. The highest BCUT2D eigenvalue weighted by Gasteiger charge is 2.03. The first kappa shape index (κ1) is 12.7. The molecule has 1 N–H and O–H groups in total. The predicted molar refractivity (Wildman–Crippen MR) is 73.3 cm³/mol. The van der Waals surface area contributed by atoms with Crippen LogP contribution in [0.15, 0.2) is 35.5 Å². The molecule has 90 valence electrons. The van der Waals surface area contributed by atoms with E-state index in [0.717, 1.165) is 5.69 Å². The lowest BCUT2D eigenvalue weighted by Gasteiger charge is -2.06. The van der Waals surface area contributed by atoms with Crippen LogP contribution in [0.2, 0.25) is 5.15 Å². The van der Waals surface area contributed by atoms with Crippen LogP contribution < -0.4 is 5.32 Å². The molecule has 2 aromatic rings. The summed E-state index contributed by atoms with van der Waals surface area (Å²) in [6, 6.07) is 10.8. The lowest BCUT2D eigenvalue weighted by atomic mass is 10.2. The van der Waals surface area contributed by atoms with Crippen LogP contribution >= 0.6 is 23.4 Å². The van der Waals surface area contributed by atoms with Crippen molar-refractivity contribution in [2.24, 2.45) is 0 Å². The maximum Gasteiger partial charge on any atom is 0.190 e. The highest BCUT2D eigenvalue weighted by Crippen LogP contribution is 2.20. The maximum atomic E-state index is 8.71. The fraction of sp³-hybridized carbons (Fsp3) is 0.0833. The van der Waals surface area contributed by atoms with Crippen LogP contribution in [0, 0.1) is 11.3 Å². The number of halogens is 1. The van der Waals surface area contributed by atoms with Crippen molar-refractivity contribution in [2.75, 3.05) is 11.6 Å². The Morgan fingerprint density at radius 2 is 2.00 bits per heavy atom. The van der Waals surface area contributed by atoms with Gasteiger partial charge in [-0.25, -0.2) is 9.97 Å². The van der Waals surface area contributed by atoms with Gasteiger partial charge < -0.3 is 5.32 Å². The first-order chi connectivity index (χ1) is 8.71. The van der Waals surface area contributed by atoms with E-state index in [-0.39, 0.29) is 0 Å². The van der Waals surface area contributed by atoms with Gasteiger partial charge in [0.2, 0.25) is 0 Å². The van der Waals surface area contributed by atoms with Crippen molar-refractivity contribution in [3.63, 3.8) is 0 Å². The van der Waals surface area contributed by atoms with Gasteiger partial charge in [-0.1, -0.05) is 23.4 Å². The molecule has 0 atom stereocenters. The van der Waals surface area contributed by atoms with Crippen molar-refractivity contribution < 1.29 is 0 Å². The molecule has 18 heavy (non-hydrogen) atoms. The zero-order chi connectivity index (χ0) is 13.0. The standard InChI is InChI=1S/C12H9ClN4S/c1-18-12-16-10(13)6-11(17-12)15-9-4-2-8(7-14)3-5-9/h2-6H,1H3,(H,15,16,17). The molecule has 6 heteroatoms. The Bertz CT molecular complexity index is 592. The zero-order valence-electron chi connectivity index (χ0n) is 9.51. The van der Waals surface area contributed by atoms with Gasteiger partial charge in [0.05, 0.1) is 11.6 Å². The van der Waals surface area contributed by atoms with Crippen molar-refractivity contribution in [3.8, 4) is 6.07 Å². The number of hydrogen-bond donors (Lipinski definition) is 1. The molecule has 1 aromatic heterocycles. The molecule has 0 saturated carbocycles. The molecule has 0 bridgehead atoms. The number of nitrogens with one attached hydrogen (secondary N) is 1. The first-order valence-electron chi connectivity index (χ1n) is 5.07. The fourth-order valence-corrected chi connectivity index (χ4v) is 1.94. The Labute approximate surface area is 114 Å². The summed E-state index contributed by atoms with van der Waals surface area (Å²) in [5.74, 6) is 0.629. The molecular formula is C12H9ClN4S. The topological polar surface area (TPSA) is 61.6 Å². The molecule has 0 aliphatic carbocycles. The van der Waals surface area contributed by atoms with Gasteiger partial charge in [0, 0.05) is 11.8 Å². The normalized spacial score (nSPS) is 9.83. The number of aromatic nitrogens is 2. The van der Waals surface area contributed by atoms with E-state index in [1.807, 2.05) is 18.4 Å². The predicted octanol–water partition coefficient (Wildman–Crippen LogP) is 3.47. The second kappa shape index (κ2) is 5.71. The molecule has 2 rings (SSSR count). The number of nitriles is 1. The Balaban J connectivity index is 2.22. The molecule has 0 radical (unpaired) electrons. The average molecular weight is 277 g/mol. The van der Waals surface area contributed by atoms with E-state index in [0.29, 0.717) is 21.7 Å². The highest BCUT2D eigenvalue weighted by atomic mass is 35.5. The molecule has 1 heterocycles. The van der Waals surface area contributed by atoms with Gasteiger partial charge in [-0.2, -0.15) is 5.26 Å². The van der Waals surface area contributed by atoms with Gasteiger partial charge in [0.15, 0.2) is 5.16 Å². The zero-order valence-corrected chi connectivity index (χ0v) is 11.1. The smallest absolute Gasteiger partial charge is 0.190 e. The SMILES string of the molecule is CSc1nc(Cl)cc(Nc2ccc(C#N)cc2)n1. The monoisotopic (exact) mass is 276 g/mol. The summed E-state index contributed by atoms with van der Waals surface area (Å²) < 4.78 is 0. The molecular weight excluding hydrogens is 268 g/mol. The number of benzene rings is 1. The number of thioether (sulfide) groups is 1. The largest absolute Gasteiger partial charge is 0.340 e. The third kappa shape index (κ3) is 3.13. The highest BCUT2D eigenvalue weighted by molar-refractivity contribution is 7.98. The van der Waals surface area contributed by atoms with Crippen molar-refractivity contribution >= 4 is 34.9 Å². The van der Waals surface area contributed by atoms with E-state index in [1.165, 1.54) is 11.8 Å². The lowest BCUT2D eigenvalue weighted by molar-refractivity contribution is 0.976. The molecule has 0 aliphatic heterocycles. The Morgan fingerprint density at radius 3 is 2.61 bits per heavy atom. The van der Waals surface area contributed by atoms with Gasteiger partial charge in [-0.3, -0.25) is 0 Å². The molecule has 0 aliphatic rings. The fourth-order valence-electron chi connectivity index (χ4n) is 1.33. The molecule has 0 unspecified atom stereocenters. The minimum Gasteiger partial charge on any atom is -0.340 e. The third-order valence-corrected chi connectivity index (χ3v) is 2.88.